The number of ether oxygens (including phenoxy) is 2. The maximum Gasteiger partial charge on any atom is 0.328 e. The maximum atomic E-state index is 13.4. The number of carbonyl (C=O) groups excluding carboxylic acids is 3. The smallest absolute Gasteiger partial charge is 0.328 e. The molecule has 40 heavy (non-hydrogen) atoms. The molecule has 1 saturated heterocycles. The Kier molecular flexibility index (Phi) is 8.36. The summed E-state index contributed by atoms with van der Waals surface area (Å²) in [6.07, 6.45) is 6.45. The number of nitriles is 1. The minimum atomic E-state index is -0.434. The Morgan fingerprint density at radius 3 is 2.95 bits per heavy atom. The van der Waals surface area contributed by atoms with Gasteiger partial charge in [-0.3, -0.25) is 15.0 Å². The summed E-state index contributed by atoms with van der Waals surface area (Å²) in [6.45, 7) is 1.91. The predicted octanol–water partition coefficient (Wildman–Crippen LogP) is 2.67. The van der Waals surface area contributed by atoms with Crippen molar-refractivity contribution >= 4 is 35.6 Å². The zero-order chi connectivity index (χ0) is 28.1. The van der Waals surface area contributed by atoms with Crippen LogP contribution in [-0.2, 0) is 27.2 Å². The van der Waals surface area contributed by atoms with E-state index in [0.29, 0.717) is 79.5 Å². The molecule has 0 spiro atoms. The number of methoxy groups -OCH3 is 1. The van der Waals surface area contributed by atoms with Crippen molar-refractivity contribution in [3.8, 4) is 6.07 Å². The van der Waals surface area contributed by atoms with E-state index in [1.165, 1.54) is 11.1 Å². The highest BCUT2D eigenvalue weighted by Gasteiger charge is 2.29. The zero-order valence-corrected chi connectivity index (χ0v) is 22.3. The molecular formula is C28H31N7O5. The van der Waals surface area contributed by atoms with Gasteiger partial charge in [0.15, 0.2) is 6.29 Å². The number of urea groups is 1. The molecule has 2 atom stereocenters. The van der Waals surface area contributed by atoms with Crippen LogP contribution in [0.4, 0.5) is 22.1 Å². The van der Waals surface area contributed by atoms with Crippen LogP contribution in [0.2, 0.25) is 0 Å². The largest absolute Gasteiger partial charge is 0.379 e. The Labute approximate surface area is 232 Å². The van der Waals surface area contributed by atoms with Crippen molar-refractivity contribution in [2.45, 2.75) is 50.8 Å². The molecule has 5 rings (SSSR count). The molecule has 0 radical (unpaired) electrons. The summed E-state index contributed by atoms with van der Waals surface area (Å²) >= 11 is 0. The van der Waals surface area contributed by atoms with E-state index in [-0.39, 0.29) is 24.4 Å². The van der Waals surface area contributed by atoms with Gasteiger partial charge in [0.25, 0.3) is 0 Å². The number of nitrogens with one attached hydrogen (secondary N) is 2. The number of nitrogens with zero attached hydrogens (tertiary/aromatic N) is 5. The molecule has 0 unspecified atom stereocenters. The van der Waals surface area contributed by atoms with E-state index in [0.717, 1.165) is 24.8 Å². The summed E-state index contributed by atoms with van der Waals surface area (Å²) < 4.78 is 10.9. The summed E-state index contributed by atoms with van der Waals surface area (Å²) in [5, 5.41) is 15.8. The molecule has 12 nitrogen and oxygen atoms in total. The highest BCUT2D eigenvalue weighted by Crippen LogP contribution is 2.30. The van der Waals surface area contributed by atoms with Crippen LogP contribution in [-0.4, -0.2) is 78.7 Å². The number of anilines is 3. The average Bonchev–Trinajstić information content (AvgIpc) is 3.44. The van der Waals surface area contributed by atoms with Crippen LogP contribution in [0.1, 0.15) is 52.9 Å². The van der Waals surface area contributed by atoms with Gasteiger partial charge in [0.05, 0.1) is 36.6 Å². The summed E-state index contributed by atoms with van der Waals surface area (Å²) in [6, 6.07) is 5.32. The molecular weight excluding hydrogens is 514 g/mol. The number of aldehydes is 1. The van der Waals surface area contributed by atoms with Crippen molar-refractivity contribution in [3.63, 3.8) is 0 Å². The number of hydrogen-bond donors (Lipinski definition) is 2. The van der Waals surface area contributed by atoms with E-state index in [4.69, 9.17) is 9.47 Å². The molecule has 0 bridgehead atoms. The molecule has 2 amide bonds. The van der Waals surface area contributed by atoms with Gasteiger partial charge in [-0.05, 0) is 43.7 Å². The Morgan fingerprint density at radius 1 is 1.30 bits per heavy atom. The van der Waals surface area contributed by atoms with Gasteiger partial charge in [0.2, 0.25) is 0 Å². The fraction of sp³-hybridized carbons (Fsp3) is 0.464. The lowest BCUT2D eigenvalue weighted by molar-refractivity contribution is 0.0718. The van der Waals surface area contributed by atoms with Crippen LogP contribution in [0, 0.1) is 11.3 Å². The molecule has 2 aromatic heterocycles. The summed E-state index contributed by atoms with van der Waals surface area (Å²) in [7, 11) is 1.68. The number of hydrogen-bond acceptors (Lipinski definition) is 10. The van der Waals surface area contributed by atoms with Gasteiger partial charge < -0.3 is 19.7 Å². The molecule has 2 N–H and O–H groups in total. The number of fused-ring (bicyclic) bond motifs is 1. The first-order valence-electron chi connectivity index (χ1n) is 13.4. The molecule has 1 aliphatic carbocycles. The molecule has 0 aromatic carbocycles. The Morgan fingerprint density at radius 2 is 2.17 bits per heavy atom. The zero-order valence-electron chi connectivity index (χ0n) is 22.3. The van der Waals surface area contributed by atoms with Crippen molar-refractivity contribution in [2.24, 2.45) is 0 Å². The van der Waals surface area contributed by atoms with Crippen LogP contribution >= 0.6 is 0 Å². The Hall–Kier alpha value is -4.30. The normalized spacial score (nSPS) is 20.4. The maximum absolute atomic E-state index is 13.4. The van der Waals surface area contributed by atoms with Crippen LogP contribution < -0.4 is 15.5 Å². The summed E-state index contributed by atoms with van der Waals surface area (Å²) in [5.74, 6) is 2.63. The minimum Gasteiger partial charge on any atom is -0.379 e. The summed E-state index contributed by atoms with van der Waals surface area (Å²) in [5.41, 5.74) is 3.09. The lowest BCUT2D eigenvalue weighted by Gasteiger charge is -2.31. The molecule has 2 aromatic rings. The Balaban J connectivity index is 1.35. The first kappa shape index (κ1) is 27.3. The van der Waals surface area contributed by atoms with Gasteiger partial charge in [-0.25, -0.2) is 19.6 Å². The van der Waals surface area contributed by atoms with E-state index in [9.17, 15) is 19.6 Å². The van der Waals surface area contributed by atoms with Crippen LogP contribution in [0.15, 0.2) is 24.0 Å². The van der Waals surface area contributed by atoms with E-state index in [1.54, 1.807) is 13.2 Å². The van der Waals surface area contributed by atoms with Crippen LogP contribution in [0.25, 0.3) is 0 Å². The summed E-state index contributed by atoms with van der Waals surface area (Å²) in [4.78, 5) is 48.9. The predicted molar refractivity (Wildman–Crippen MR) is 146 cm³/mol. The van der Waals surface area contributed by atoms with Gasteiger partial charge in [-0.2, -0.15) is 5.26 Å². The van der Waals surface area contributed by atoms with Crippen LogP contribution in [0.5, 0.6) is 0 Å². The van der Waals surface area contributed by atoms with E-state index >= 15 is 0 Å². The number of pyridine rings is 2. The number of aryl methyl sites for hydroxylation is 1. The SMILES string of the molecule is CO[C@H]1CCC[C@@H]1Nc1cc(NC(=O)N2CCCc3cc(CN4CCOCC4=C=O)c(C=O)nc32)ncc1C#N. The molecule has 2 aliphatic heterocycles. The second-order valence-corrected chi connectivity index (χ2v) is 10.0. The van der Waals surface area contributed by atoms with Crippen molar-refractivity contribution in [1.82, 2.24) is 14.9 Å². The van der Waals surface area contributed by atoms with Crippen LogP contribution in [0.3, 0.4) is 0 Å². The number of amides is 2. The van der Waals surface area contributed by atoms with Gasteiger partial charge in [-0.15, -0.1) is 0 Å². The molecule has 12 heteroatoms. The number of aromatic nitrogens is 2. The Bertz CT molecular complexity index is 1380. The molecule has 3 aliphatic rings. The first-order valence-corrected chi connectivity index (χ1v) is 13.4. The van der Waals surface area contributed by atoms with Crippen molar-refractivity contribution < 1.29 is 23.9 Å². The second kappa shape index (κ2) is 12.3. The highest BCUT2D eigenvalue weighted by atomic mass is 16.5. The minimum absolute atomic E-state index is 0.0508. The van der Waals surface area contributed by atoms with Crippen molar-refractivity contribution in [3.05, 3.63) is 46.4 Å². The molecule has 1 saturated carbocycles. The van der Waals surface area contributed by atoms with Gasteiger partial charge in [0, 0.05) is 44.6 Å². The first-order chi connectivity index (χ1) is 19.5. The molecule has 2 fully saturated rings. The second-order valence-electron chi connectivity index (χ2n) is 10.0. The average molecular weight is 546 g/mol. The lowest BCUT2D eigenvalue weighted by atomic mass is 10.0. The number of rotatable bonds is 7. The molecule has 4 heterocycles. The fourth-order valence-corrected chi connectivity index (χ4v) is 5.51. The lowest BCUT2D eigenvalue weighted by Crippen LogP contribution is -2.40. The number of carbonyl (C=O) groups is 2. The van der Waals surface area contributed by atoms with E-state index in [2.05, 4.69) is 26.7 Å². The van der Waals surface area contributed by atoms with Gasteiger partial charge in [-0.1, -0.05) is 0 Å². The standard InChI is InChI=1S/C28H31N7O5/c1-39-25-6-2-5-22(25)31-23-11-26(30-13-20(23)12-29)33-28(38)35-7-3-4-18-10-19(24(16-37)32-27(18)35)14-34-8-9-40-17-21(34)15-36/h10-11,13,16,22,25H,2-9,14,17H2,1H3,(H2,30,31,33,38)/t22-,25-/m0/s1. The van der Waals surface area contributed by atoms with E-state index in [1.807, 2.05) is 16.9 Å². The van der Waals surface area contributed by atoms with Crippen molar-refractivity contribution in [2.75, 3.05) is 48.9 Å². The topological polar surface area (TPSA) is 150 Å². The van der Waals surface area contributed by atoms with Gasteiger partial charge >= 0.3 is 6.03 Å². The monoisotopic (exact) mass is 545 g/mol. The van der Waals surface area contributed by atoms with E-state index < -0.39 is 6.03 Å². The third-order valence-electron chi connectivity index (χ3n) is 7.59. The quantitative estimate of drug-likeness (QED) is 0.393. The third-order valence-corrected chi connectivity index (χ3v) is 7.59. The number of morpholine rings is 1. The fourth-order valence-electron chi connectivity index (χ4n) is 5.51. The highest BCUT2D eigenvalue weighted by molar-refractivity contribution is 6.01. The van der Waals surface area contributed by atoms with Crippen molar-refractivity contribution in [1.29, 1.82) is 5.26 Å². The van der Waals surface area contributed by atoms with Gasteiger partial charge in [0.1, 0.15) is 35.0 Å². The molecule has 208 valence electrons. The third kappa shape index (κ3) is 5.67.